The molecular formula is C14H17NO4. The zero-order valence-electron chi connectivity index (χ0n) is 10.9. The second kappa shape index (κ2) is 5.91. The van der Waals surface area contributed by atoms with Crippen molar-refractivity contribution in [3.05, 3.63) is 23.8 Å². The smallest absolute Gasteiger partial charge is 0.124 e. The fourth-order valence-electron chi connectivity index (χ4n) is 1.95. The number of rotatable bonds is 4. The quantitative estimate of drug-likeness (QED) is 0.891. The van der Waals surface area contributed by atoms with Gasteiger partial charge in [-0.1, -0.05) is 0 Å². The molecule has 0 bridgehead atoms. The Bertz CT molecular complexity index is 475. The number of ether oxygens (including phenoxy) is 3. The average molecular weight is 263 g/mol. The summed E-state index contributed by atoms with van der Waals surface area (Å²) in [4.78, 5) is 0. The second-order valence-electron chi connectivity index (χ2n) is 4.63. The van der Waals surface area contributed by atoms with Crippen LogP contribution in [0.5, 0.6) is 11.5 Å². The molecule has 0 radical (unpaired) electrons. The van der Waals surface area contributed by atoms with Gasteiger partial charge in [-0.05, 0) is 12.1 Å². The molecule has 5 heteroatoms. The first kappa shape index (κ1) is 13.7. The van der Waals surface area contributed by atoms with Gasteiger partial charge in [0.15, 0.2) is 0 Å². The van der Waals surface area contributed by atoms with E-state index >= 15 is 0 Å². The summed E-state index contributed by atoms with van der Waals surface area (Å²) >= 11 is 0. The monoisotopic (exact) mass is 263 g/mol. The van der Waals surface area contributed by atoms with Gasteiger partial charge >= 0.3 is 0 Å². The predicted molar refractivity (Wildman–Crippen MR) is 68.2 cm³/mol. The molecule has 0 aromatic heterocycles. The summed E-state index contributed by atoms with van der Waals surface area (Å²) in [5, 5.41) is 19.2. The summed E-state index contributed by atoms with van der Waals surface area (Å²) < 4.78 is 15.9. The molecule has 0 saturated carbocycles. The number of nitriles is 1. The van der Waals surface area contributed by atoms with Gasteiger partial charge in [0.25, 0.3) is 0 Å². The zero-order chi connectivity index (χ0) is 13.7. The summed E-state index contributed by atoms with van der Waals surface area (Å²) in [6.07, 6.45) is 1.12. The third-order valence-corrected chi connectivity index (χ3v) is 3.18. The maximum atomic E-state index is 10.3. The van der Waals surface area contributed by atoms with Gasteiger partial charge in [0, 0.05) is 32.1 Å². The van der Waals surface area contributed by atoms with E-state index in [-0.39, 0.29) is 6.61 Å². The van der Waals surface area contributed by atoms with E-state index in [1.807, 2.05) is 6.07 Å². The lowest BCUT2D eigenvalue weighted by atomic mass is 9.96. The standard InChI is InChI=1S/C14H17NO4/c1-17-12-6-11(9-15)7-13(8-12)19-10-14(16)2-4-18-5-3-14/h6-8,16H,2-5,10H2,1H3. The molecule has 5 nitrogen and oxygen atoms in total. The van der Waals surface area contributed by atoms with Crippen molar-refractivity contribution in [2.75, 3.05) is 26.9 Å². The van der Waals surface area contributed by atoms with Crippen LogP contribution < -0.4 is 9.47 Å². The van der Waals surface area contributed by atoms with Crippen molar-refractivity contribution in [2.45, 2.75) is 18.4 Å². The van der Waals surface area contributed by atoms with Crippen LogP contribution in [-0.4, -0.2) is 37.6 Å². The van der Waals surface area contributed by atoms with Crippen LogP contribution in [0.15, 0.2) is 18.2 Å². The molecule has 0 atom stereocenters. The van der Waals surface area contributed by atoms with Crippen molar-refractivity contribution in [1.82, 2.24) is 0 Å². The van der Waals surface area contributed by atoms with Crippen LogP contribution in [-0.2, 0) is 4.74 Å². The highest BCUT2D eigenvalue weighted by Gasteiger charge is 2.30. The molecule has 0 amide bonds. The van der Waals surface area contributed by atoms with Crippen molar-refractivity contribution in [2.24, 2.45) is 0 Å². The van der Waals surface area contributed by atoms with Crippen LogP contribution in [0, 0.1) is 11.3 Å². The van der Waals surface area contributed by atoms with Crippen molar-refractivity contribution < 1.29 is 19.3 Å². The van der Waals surface area contributed by atoms with Crippen LogP contribution >= 0.6 is 0 Å². The van der Waals surface area contributed by atoms with Crippen molar-refractivity contribution in [3.63, 3.8) is 0 Å². The third kappa shape index (κ3) is 3.60. The first-order valence-electron chi connectivity index (χ1n) is 6.17. The van der Waals surface area contributed by atoms with E-state index in [9.17, 15) is 5.11 Å². The first-order chi connectivity index (χ1) is 9.15. The Kier molecular flexibility index (Phi) is 4.25. The minimum atomic E-state index is -0.853. The number of aliphatic hydroxyl groups is 1. The molecule has 1 saturated heterocycles. The van der Waals surface area contributed by atoms with Gasteiger partial charge in [-0.3, -0.25) is 0 Å². The first-order valence-corrected chi connectivity index (χ1v) is 6.17. The molecule has 19 heavy (non-hydrogen) atoms. The molecule has 0 unspecified atom stereocenters. The van der Waals surface area contributed by atoms with Gasteiger partial charge < -0.3 is 19.3 Å². The van der Waals surface area contributed by atoms with Gasteiger partial charge in [0.2, 0.25) is 0 Å². The van der Waals surface area contributed by atoms with Crippen LogP contribution in [0.2, 0.25) is 0 Å². The summed E-state index contributed by atoms with van der Waals surface area (Å²) in [6, 6.07) is 7.01. The topological polar surface area (TPSA) is 71.7 Å². The van der Waals surface area contributed by atoms with Gasteiger partial charge in [-0.25, -0.2) is 0 Å². The Balaban J connectivity index is 2.04. The molecule has 1 aliphatic heterocycles. The highest BCUT2D eigenvalue weighted by Crippen LogP contribution is 2.25. The summed E-state index contributed by atoms with van der Waals surface area (Å²) in [6.45, 7) is 1.28. The van der Waals surface area contributed by atoms with Gasteiger partial charge in [0.1, 0.15) is 23.7 Å². The van der Waals surface area contributed by atoms with Crippen LogP contribution in [0.25, 0.3) is 0 Å². The van der Waals surface area contributed by atoms with Gasteiger partial charge in [-0.2, -0.15) is 5.26 Å². The minimum Gasteiger partial charge on any atom is -0.497 e. The van der Waals surface area contributed by atoms with Crippen molar-refractivity contribution in [1.29, 1.82) is 5.26 Å². The van der Waals surface area contributed by atoms with E-state index in [2.05, 4.69) is 0 Å². The van der Waals surface area contributed by atoms with E-state index < -0.39 is 5.60 Å². The lowest BCUT2D eigenvalue weighted by Crippen LogP contribution is -2.41. The van der Waals surface area contributed by atoms with Gasteiger partial charge in [-0.15, -0.1) is 0 Å². The molecule has 1 fully saturated rings. The number of methoxy groups -OCH3 is 1. The van der Waals surface area contributed by atoms with E-state index in [0.29, 0.717) is 43.1 Å². The fourth-order valence-corrected chi connectivity index (χ4v) is 1.95. The van der Waals surface area contributed by atoms with E-state index in [4.69, 9.17) is 19.5 Å². The Hall–Kier alpha value is -1.77. The van der Waals surface area contributed by atoms with E-state index in [1.165, 1.54) is 7.11 Å². The maximum Gasteiger partial charge on any atom is 0.124 e. The normalized spacial score (nSPS) is 17.5. The average Bonchev–Trinajstić information content (AvgIpc) is 2.45. The largest absolute Gasteiger partial charge is 0.497 e. The third-order valence-electron chi connectivity index (χ3n) is 3.18. The van der Waals surface area contributed by atoms with E-state index in [0.717, 1.165) is 0 Å². The molecule has 1 aliphatic rings. The van der Waals surface area contributed by atoms with Gasteiger partial charge in [0.05, 0.1) is 18.7 Å². The number of benzene rings is 1. The molecule has 1 aromatic carbocycles. The molecule has 0 spiro atoms. The summed E-state index contributed by atoms with van der Waals surface area (Å²) in [7, 11) is 1.53. The van der Waals surface area contributed by atoms with Crippen molar-refractivity contribution >= 4 is 0 Å². The van der Waals surface area contributed by atoms with Crippen molar-refractivity contribution in [3.8, 4) is 17.6 Å². The maximum absolute atomic E-state index is 10.3. The molecule has 2 rings (SSSR count). The SMILES string of the molecule is COc1cc(C#N)cc(OCC2(O)CCOCC2)c1. The lowest BCUT2D eigenvalue weighted by molar-refractivity contribution is -0.0856. The molecule has 1 aromatic rings. The molecule has 1 heterocycles. The molecule has 0 aliphatic carbocycles. The molecule has 102 valence electrons. The Morgan fingerprint density at radius 1 is 1.32 bits per heavy atom. The Labute approximate surface area is 112 Å². The van der Waals surface area contributed by atoms with Crippen LogP contribution in [0.1, 0.15) is 18.4 Å². The highest BCUT2D eigenvalue weighted by atomic mass is 16.5. The summed E-state index contributed by atoms with van der Waals surface area (Å²) in [5.74, 6) is 1.09. The minimum absolute atomic E-state index is 0.189. The second-order valence-corrected chi connectivity index (χ2v) is 4.63. The molecular weight excluding hydrogens is 246 g/mol. The summed E-state index contributed by atoms with van der Waals surface area (Å²) in [5.41, 5.74) is -0.387. The fraction of sp³-hybridized carbons (Fsp3) is 0.500. The highest BCUT2D eigenvalue weighted by molar-refractivity contribution is 5.43. The van der Waals surface area contributed by atoms with E-state index in [1.54, 1.807) is 18.2 Å². The Morgan fingerprint density at radius 3 is 2.63 bits per heavy atom. The number of hydrogen-bond donors (Lipinski definition) is 1. The Morgan fingerprint density at radius 2 is 2.00 bits per heavy atom. The zero-order valence-corrected chi connectivity index (χ0v) is 10.9. The number of hydrogen-bond acceptors (Lipinski definition) is 5. The number of nitrogens with zero attached hydrogens (tertiary/aromatic N) is 1. The van der Waals surface area contributed by atoms with Crippen LogP contribution in [0.4, 0.5) is 0 Å². The predicted octanol–water partition coefficient (Wildman–Crippen LogP) is 1.49. The lowest BCUT2D eigenvalue weighted by Gasteiger charge is -2.31. The molecule has 1 N–H and O–H groups in total. The van der Waals surface area contributed by atoms with Crippen LogP contribution in [0.3, 0.4) is 0 Å².